The number of ether oxygens (including phenoxy) is 1. The van der Waals surface area contributed by atoms with Gasteiger partial charge in [-0.2, -0.15) is 0 Å². The van der Waals surface area contributed by atoms with Gasteiger partial charge in [0.05, 0.1) is 0 Å². The lowest BCUT2D eigenvalue weighted by Crippen LogP contribution is -2.24. The number of H-pyrrole nitrogens is 1. The van der Waals surface area contributed by atoms with Crippen LogP contribution in [0.3, 0.4) is 0 Å². The highest BCUT2D eigenvalue weighted by Gasteiger charge is 2.01. The Labute approximate surface area is 124 Å². The summed E-state index contributed by atoms with van der Waals surface area (Å²) in [5.41, 5.74) is 4.35. The number of amides is 1. The molecule has 0 aliphatic heterocycles. The summed E-state index contributed by atoms with van der Waals surface area (Å²) in [4.78, 5) is 14.8. The smallest absolute Gasteiger partial charge is 0.407 e. The standard InChI is InChI=1S/C17H20N2O2/c1-13-11-14(2)19-16(13)9-6-10-18-17(20)21-12-15-7-4-3-5-8-15/h3-9,11,19H,10,12H2,1-2H3,(H,18,20). The van der Waals surface area contributed by atoms with Crippen LogP contribution in [0.2, 0.25) is 0 Å². The zero-order chi connectivity index (χ0) is 15.1. The maximum atomic E-state index is 11.5. The van der Waals surface area contributed by atoms with Crippen molar-refractivity contribution >= 4 is 12.2 Å². The zero-order valence-corrected chi connectivity index (χ0v) is 12.3. The van der Waals surface area contributed by atoms with Crippen LogP contribution < -0.4 is 5.32 Å². The van der Waals surface area contributed by atoms with Crippen LogP contribution in [0.1, 0.15) is 22.5 Å². The fourth-order valence-electron chi connectivity index (χ4n) is 2.02. The molecule has 1 aromatic carbocycles. The minimum absolute atomic E-state index is 0.283. The number of aromatic amines is 1. The summed E-state index contributed by atoms with van der Waals surface area (Å²) in [6.45, 7) is 4.78. The molecule has 2 aromatic rings. The van der Waals surface area contributed by atoms with Crippen molar-refractivity contribution in [2.24, 2.45) is 0 Å². The molecule has 0 spiro atoms. The number of hydrogen-bond acceptors (Lipinski definition) is 2. The van der Waals surface area contributed by atoms with Crippen LogP contribution in [0, 0.1) is 13.8 Å². The van der Waals surface area contributed by atoms with Crippen LogP contribution in [0.15, 0.2) is 42.5 Å². The van der Waals surface area contributed by atoms with Gasteiger partial charge in [-0.05, 0) is 37.1 Å². The molecule has 0 radical (unpaired) electrons. The third kappa shape index (κ3) is 4.84. The van der Waals surface area contributed by atoms with Gasteiger partial charge >= 0.3 is 6.09 Å². The molecule has 2 N–H and O–H groups in total. The van der Waals surface area contributed by atoms with Gasteiger partial charge in [-0.1, -0.05) is 36.4 Å². The van der Waals surface area contributed by atoms with Gasteiger partial charge in [-0.25, -0.2) is 4.79 Å². The number of hydrogen-bond donors (Lipinski definition) is 2. The first kappa shape index (κ1) is 14.9. The number of alkyl carbamates (subject to hydrolysis) is 1. The molecule has 4 heteroatoms. The number of nitrogens with one attached hydrogen (secondary N) is 2. The molecule has 0 atom stereocenters. The number of aromatic nitrogens is 1. The summed E-state index contributed by atoms with van der Waals surface area (Å²) < 4.78 is 5.12. The normalized spacial score (nSPS) is 10.8. The first-order valence-electron chi connectivity index (χ1n) is 6.92. The van der Waals surface area contributed by atoms with E-state index < -0.39 is 6.09 Å². The Morgan fingerprint density at radius 3 is 2.71 bits per heavy atom. The molecule has 0 saturated heterocycles. The Kier molecular flexibility index (Phi) is 5.21. The molecular formula is C17H20N2O2. The summed E-state index contributed by atoms with van der Waals surface area (Å²) in [5, 5.41) is 2.69. The van der Waals surface area contributed by atoms with Crippen molar-refractivity contribution in [3.8, 4) is 0 Å². The fraction of sp³-hybridized carbons (Fsp3) is 0.235. The van der Waals surface area contributed by atoms with Crippen molar-refractivity contribution in [1.82, 2.24) is 10.3 Å². The Morgan fingerprint density at radius 2 is 2.05 bits per heavy atom. The summed E-state index contributed by atoms with van der Waals surface area (Å²) in [6, 6.07) is 11.7. The topological polar surface area (TPSA) is 54.1 Å². The van der Waals surface area contributed by atoms with E-state index in [0.29, 0.717) is 6.54 Å². The highest BCUT2D eigenvalue weighted by molar-refractivity contribution is 5.67. The van der Waals surface area contributed by atoms with Gasteiger partial charge in [0.1, 0.15) is 6.61 Å². The van der Waals surface area contributed by atoms with Gasteiger partial charge < -0.3 is 15.0 Å². The molecule has 21 heavy (non-hydrogen) atoms. The Bertz CT molecular complexity index is 615. The van der Waals surface area contributed by atoms with E-state index in [0.717, 1.165) is 17.0 Å². The molecule has 4 nitrogen and oxygen atoms in total. The van der Waals surface area contributed by atoms with Crippen molar-refractivity contribution in [3.05, 3.63) is 65.0 Å². The van der Waals surface area contributed by atoms with Gasteiger partial charge in [-0.3, -0.25) is 0 Å². The van der Waals surface area contributed by atoms with Crippen LogP contribution in [0.25, 0.3) is 6.08 Å². The summed E-state index contributed by atoms with van der Waals surface area (Å²) in [5.74, 6) is 0. The second kappa shape index (κ2) is 7.33. The maximum Gasteiger partial charge on any atom is 0.407 e. The number of carbonyl (C=O) groups is 1. The molecule has 1 aromatic heterocycles. The molecule has 0 aliphatic rings. The van der Waals surface area contributed by atoms with Gasteiger partial charge in [0.25, 0.3) is 0 Å². The monoisotopic (exact) mass is 284 g/mol. The van der Waals surface area contributed by atoms with Crippen molar-refractivity contribution in [3.63, 3.8) is 0 Å². The van der Waals surface area contributed by atoms with E-state index in [1.807, 2.05) is 56.3 Å². The predicted octanol–water partition coefficient (Wildman–Crippen LogP) is 3.57. The summed E-state index contributed by atoms with van der Waals surface area (Å²) in [7, 11) is 0. The Morgan fingerprint density at radius 1 is 1.29 bits per heavy atom. The summed E-state index contributed by atoms with van der Waals surface area (Å²) >= 11 is 0. The maximum absolute atomic E-state index is 11.5. The van der Waals surface area contributed by atoms with Crippen LogP contribution in [-0.2, 0) is 11.3 Å². The first-order valence-corrected chi connectivity index (χ1v) is 6.92. The van der Waals surface area contributed by atoms with Crippen molar-refractivity contribution in [2.75, 3.05) is 6.54 Å². The van der Waals surface area contributed by atoms with Gasteiger partial charge in [0.15, 0.2) is 0 Å². The van der Waals surface area contributed by atoms with E-state index >= 15 is 0 Å². The minimum Gasteiger partial charge on any atom is -0.445 e. The lowest BCUT2D eigenvalue weighted by molar-refractivity contribution is 0.141. The van der Waals surface area contributed by atoms with Gasteiger partial charge in [0.2, 0.25) is 0 Å². The SMILES string of the molecule is Cc1cc(C)c(C=CCNC(=O)OCc2ccccc2)[nH]1. The van der Waals surface area contributed by atoms with E-state index in [4.69, 9.17) is 4.74 Å². The van der Waals surface area contributed by atoms with Crippen molar-refractivity contribution in [2.45, 2.75) is 20.5 Å². The molecule has 110 valence electrons. The van der Waals surface area contributed by atoms with Crippen LogP contribution in [0.5, 0.6) is 0 Å². The average Bonchev–Trinajstić information content (AvgIpc) is 2.80. The van der Waals surface area contributed by atoms with E-state index in [-0.39, 0.29) is 6.61 Å². The Hall–Kier alpha value is -2.49. The third-order valence-electron chi connectivity index (χ3n) is 3.05. The number of benzene rings is 1. The van der Waals surface area contributed by atoms with Crippen molar-refractivity contribution < 1.29 is 9.53 Å². The molecule has 0 unspecified atom stereocenters. The minimum atomic E-state index is -0.414. The highest BCUT2D eigenvalue weighted by Crippen LogP contribution is 2.10. The van der Waals surface area contributed by atoms with Gasteiger partial charge in [0, 0.05) is 17.9 Å². The lowest BCUT2D eigenvalue weighted by Gasteiger charge is -2.05. The fourth-order valence-corrected chi connectivity index (χ4v) is 2.02. The Balaban J connectivity index is 1.71. The van der Waals surface area contributed by atoms with Crippen LogP contribution >= 0.6 is 0 Å². The van der Waals surface area contributed by atoms with Crippen molar-refractivity contribution in [1.29, 1.82) is 0 Å². The molecule has 0 bridgehead atoms. The zero-order valence-electron chi connectivity index (χ0n) is 12.3. The molecule has 0 aliphatic carbocycles. The van der Waals surface area contributed by atoms with Crippen LogP contribution in [-0.4, -0.2) is 17.6 Å². The quantitative estimate of drug-likeness (QED) is 0.882. The van der Waals surface area contributed by atoms with Gasteiger partial charge in [-0.15, -0.1) is 0 Å². The molecular weight excluding hydrogens is 264 g/mol. The number of carbonyl (C=O) groups excluding carboxylic acids is 1. The van der Waals surface area contributed by atoms with E-state index in [1.165, 1.54) is 5.56 Å². The number of aryl methyl sites for hydroxylation is 2. The molecule has 0 saturated carbocycles. The number of rotatable bonds is 5. The molecule has 0 fully saturated rings. The molecule has 1 amide bonds. The average molecular weight is 284 g/mol. The van der Waals surface area contributed by atoms with E-state index in [1.54, 1.807) is 0 Å². The first-order chi connectivity index (χ1) is 10.1. The second-order valence-corrected chi connectivity index (χ2v) is 4.89. The van der Waals surface area contributed by atoms with E-state index in [9.17, 15) is 4.79 Å². The third-order valence-corrected chi connectivity index (χ3v) is 3.05. The molecule has 1 heterocycles. The summed E-state index contributed by atoms with van der Waals surface area (Å²) in [6.07, 6.45) is 3.44. The lowest BCUT2D eigenvalue weighted by atomic mass is 10.2. The second-order valence-electron chi connectivity index (χ2n) is 4.89. The molecule has 2 rings (SSSR count). The highest BCUT2D eigenvalue weighted by atomic mass is 16.5. The largest absolute Gasteiger partial charge is 0.445 e. The van der Waals surface area contributed by atoms with Crippen LogP contribution in [0.4, 0.5) is 4.79 Å². The van der Waals surface area contributed by atoms with E-state index in [2.05, 4.69) is 16.4 Å². The predicted molar refractivity (Wildman–Crippen MR) is 83.9 cm³/mol.